The molecule has 0 unspecified atom stereocenters. The van der Waals surface area contributed by atoms with Gasteiger partial charge in [-0.05, 0) is 0 Å². The first-order chi connectivity index (χ1) is 8.68. The summed E-state index contributed by atoms with van der Waals surface area (Å²) in [7, 11) is -2.97. The maximum absolute atomic E-state index is 11.9. The third kappa shape index (κ3) is 4.67. The van der Waals surface area contributed by atoms with Crippen molar-refractivity contribution >= 4 is 20.0 Å². The van der Waals surface area contributed by atoms with Gasteiger partial charge in [-0.15, -0.1) is 0 Å². The zero-order chi connectivity index (χ0) is 14.7. The molecule has 0 bridgehead atoms. The molecule has 112 valence electrons. The zero-order valence-corrected chi connectivity index (χ0v) is 12.1. The number of carbonyl (C=O) groups is 2. The van der Waals surface area contributed by atoms with E-state index in [1.807, 2.05) is 0 Å². The average Bonchev–Trinajstić information content (AvgIpc) is 2.32. The molecule has 0 aromatic carbocycles. The molecular weight excluding hydrogens is 277 g/mol. The molecule has 1 amide bonds. The van der Waals surface area contributed by atoms with E-state index in [0.29, 0.717) is 0 Å². The summed E-state index contributed by atoms with van der Waals surface area (Å²) in [6, 6.07) is 0. The number of hydrogen-bond donors (Lipinski definition) is 3. The number of rotatable bonds is 4. The Labute approximate surface area is 111 Å². The normalized spacial score (nSPS) is 26.3. The summed E-state index contributed by atoms with van der Waals surface area (Å²) in [5, 5.41) is 2.49. The molecule has 3 N–H and O–H groups in total. The Morgan fingerprint density at radius 3 is 2.68 bits per heavy atom. The third-order valence-electron chi connectivity index (χ3n) is 2.71. The van der Waals surface area contributed by atoms with E-state index in [4.69, 9.17) is 9.05 Å². The number of hydrogen-bond acceptors (Lipinski definition) is 7. The van der Waals surface area contributed by atoms with E-state index < -0.39 is 31.6 Å². The summed E-state index contributed by atoms with van der Waals surface area (Å²) in [6.07, 6.45) is -1.01. The Morgan fingerprint density at radius 2 is 2.11 bits per heavy atom. The second kappa shape index (κ2) is 6.11. The van der Waals surface area contributed by atoms with Gasteiger partial charge in [-0.2, -0.15) is 0 Å². The molecule has 0 aromatic rings. The fourth-order valence-corrected chi connectivity index (χ4v) is 2.95. The number of carbonyl (C=O) groups excluding carboxylic acids is 2. The van der Waals surface area contributed by atoms with Gasteiger partial charge in [0.05, 0.1) is 0 Å². The summed E-state index contributed by atoms with van der Waals surface area (Å²) < 4.78 is 14.2. The zero-order valence-electron chi connectivity index (χ0n) is 11.1. The van der Waals surface area contributed by atoms with Crippen LogP contribution in [0.1, 0.15) is 20.3 Å². The minimum absolute atomic E-state index is 0.00130. The number of methoxy groups -OCH3 is 1. The van der Waals surface area contributed by atoms with E-state index in [2.05, 4.69) is 10.1 Å². The molecular formula is C10H20NO7P. The monoisotopic (exact) mass is 297 g/mol. The van der Waals surface area contributed by atoms with Gasteiger partial charge in [-0.3, -0.25) is 0 Å². The van der Waals surface area contributed by atoms with Crippen LogP contribution in [0, 0.1) is 5.41 Å². The molecule has 0 saturated carbocycles. The van der Waals surface area contributed by atoms with Crippen molar-refractivity contribution in [2.45, 2.75) is 26.4 Å². The Morgan fingerprint density at radius 1 is 1.47 bits per heavy atom. The van der Waals surface area contributed by atoms with Gasteiger partial charge in [0.2, 0.25) is 0 Å². The van der Waals surface area contributed by atoms with Crippen LogP contribution in [0.15, 0.2) is 0 Å². The van der Waals surface area contributed by atoms with Crippen molar-refractivity contribution in [3.8, 4) is 0 Å². The molecule has 8 nitrogen and oxygen atoms in total. The average molecular weight is 297 g/mol. The van der Waals surface area contributed by atoms with Gasteiger partial charge in [0.25, 0.3) is 0 Å². The van der Waals surface area contributed by atoms with Crippen LogP contribution < -0.4 is 5.32 Å². The van der Waals surface area contributed by atoms with Crippen LogP contribution >= 0.6 is 8.17 Å². The second-order valence-electron chi connectivity index (χ2n) is 4.94. The SMILES string of the molecule is COC(=O)CCNC(=O)[C@@H]1O[PH](O)(O)OCC1(C)C. The summed E-state index contributed by atoms with van der Waals surface area (Å²) in [4.78, 5) is 41.6. The standard InChI is InChI=1S/C10H20NO7P/c1-10(2)6-17-19(14,15)18-8(10)9(13)11-5-4-7(12)16-3/h8,14-15,19H,4-6H2,1-3H3,(H,11,13)/t8-/m0/s1. The number of nitrogens with one attached hydrogen (secondary N) is 1. The van der Waals surface area contributed by atoms with Gasteiger partial charge in [0, 0.05) is 0 Å². The topological polar surface area (TPSA) is 114 Å². The summed E-state index contributed by atoms with van der Waals surface area (Å²) in [6.45, 7) is 3.51. The molecule has 1 aliphatic rings. The van der Waals surface area contributed by atoms with Crippen molar-refractivity contribution < 1.29 is 33.2 Å². The summed E-state index contributed by atoms with van der Waals surface area (Å²) in [5.41, 5.74) is -0.697. The fourth-order valence-electron chi connectivity index (χ4n) is 1.59. The molecule has 0 aromatic heterocycles. The van der Waals surface area contributed by atoms with Gasteiger partial charge >= 0.3 is 111 Å². The van der Waals surface area contributed by atoms with E-state index in [1.165, 1.54) is 7.11 Å². The Bertz CT molecular complexity index is 358. The van der Waals surface area contributed by atoms with Crippen LogP contribution in [0.3, 0.4) is 0 Å². The van der Waals surface area contributed by atoms with Crippen LogP contribution in [0.2, 0.25) is 0 Å². The third-order valence-corrected chi connectivity index (χ3v) is 3.77. The number of ether oxygens (including phenoxy) is 1. The predicted molar refractivity (Wildman–Crippen MR) is 67.0 cm³/mol. The van der Waals surface area contributed by atoms with Crippen LogP contribution in [-0.2, 0) is 23.4 Å². The fraction of sp³-hybridized carbons (Fsp3) is 0.800. The van der Waals surface area contributed by atoms with Crippen molar-refractivity contribution in [1.82, 2.24) is 5.32 Å². The van der Waals surface area contributed by atoms with Crippen molar-refractivity contribution in [2.24, 2.45) is 5.41 Å². The van der Waals surface area contributed by atoms with Gasteiger partial charge in [0.15, 0.2) is 0 Å². The first kappa shape index (κ1) is 16.3. The first-order valence-corrected chi connectivity index (χ1v) is 7.50. The van der Waals surface area contributed by atoms with Crippen LogP contribution in [0.25, 0.3) is 0 Å². The van der Waals surface area contributed by atoms with E-state index >= 15 is 0 Å². The first-order valence-electron chi connectivity index (χ1n) is 5.79. The van der Waals surface area contributed by atoms with Crippen LogP contribution in [0.5, 0.6) is 0 Å². The molecule has 19 heavy (non-hydrogen) atoms. The Kier molecular flexibility index (Phi) is 5.23. The molecule has 1 rings (SSSR count). The molecule has 1 heterocycles. The Hall–Kier alpha value is -0.790. The molecule has 1 atom stereocenters. The summed E-state index contributed by atoms with van der Waals surface area (Å²) >= 11 is 0. The van der Waals surface area contributed by atoms with E-state index in [9.17, 15) is 19.4 Å². The molecule has 1 aliphatic heterocycles. The van der Waals surface area contributed by atoms with Crippen molar-refractivity contribution in [2.75, 3.05) is 20.3 Å². The van der Waals surface area contributed by atoms with Gasteiger partial charge < -0.3 is 0 Å². The molecule has 0 radical (unpaired) electrons. The van der Waals surface area contributed by atoms with Gasteiger partial charge in [-0.1, -0.05) is 0 Å². The maximum atomic E-state index is 11.9. The van der Waals surface area contributed by atoms with Crippen LogP contribution in [-0.4, -0.2) is 48.0 Å². The van der Waals surface area contributed by atoms with E-state index in [1.54, 1.807) is 13.8 Å². The van der Waals surface area contributed by atoms with E-state index in [0.717, 1.165) is 0 Å². The van der Waals surface area contributed by atoms with E-state index in [-0.39, 0.29) is 19.6 Å². The minimum atomic E-state index is -4.23. The van der Waals surface area contributed by atoms with Crippen molar-refractivity contribution in [3.05, 3.63) is 0 Å². The quantitative estimate of drug-likeness (QED) is 0.473. The van der Waals surface area contributed by atoms with Gasteiger partial charge in [0.1, 0.15) is 0 Å². The van der Waals surface area contributed by atoms with Crippen molar-refractivity contribution in [3.63, 3.8) is 0 Å². The molecule has 0 spiro atoms. The van der Waals surface area contributed by atoms with Crippen LogP contribution in [0.4, 0.5) is 0 Å². The number of amides is 1. The van der Waals surface area contributed by atoms with Crippen molar-refractivity contribution in [1.29, 1.82) is 0 Å². The molecule has 9 heteroatoms. The predicted octanol–water partition coefficient (Wildman–Crippen LogP) is -0.498. The molecule has 1 saturated heterocycles. The molecule has 1 fully saturated rings. The Balaban J connectivity index is 2.55. The number of esters is 1. The van der Waals surface area contributed by atoms with Gasteiger partial charge in [-0.25, -0.2) is 0 Å². The molecule has 0 aliphatic carbocycles. The summed E-state index contributed by atoms with van der Waals surface area (Å²) in [5.74, 6) is -0.960. The second-order valence-corrected chi connectivity index (χ2v) is 6.56.